The van der Waals surface area contributed by atoms with E-state index in [1.807, 2.05) is 50.2 Å². The van der Waals surface area contributed by atoms with Crippen molar-refractivity contribution < 1.29 is 9.53 Å². The van der Waals surface area contributed by atoms with Gasteiger partial charge in [-0.25, -0.2) is 0 Å². The van der Waals surface area contributed by atoms with Gasteiger partial charge in [0.15, 0.2) is 0 Å². The van der Waals surface area contributed by atoms with Gasteiger partial charge in [0.05, 0.1) is 7.11 Å². The minimum atomic E-state index is -0.433. The number of rotatable bonds is 4. The van der Waals surface area contributed by atoms with Crippen LogP contribution in [-0.2, 0) is 4.79 Å². The summed E-state index contributed by atoms with van der Waals surface area (Å²) in [5, 5.41) is 12.5. The fourth-order valence-corrected chi connectivity index (χ4v) is 4.22. The number of carbonyl (C=O) groups is 1. The van der Waals surface area contributed by atoms with Crippen molar-refractivity contribution in [3.8, 4) is 11.8 Å². The monoisotopic (exact) mass is 417 g/mol. The Morgan fingerprint density at radius 3 is 2.58 bits per heavy atom. The van der Waals surface area contributed by atoms with E-state index in [2.05, 4.69) is 38.0 Å². The van der Waals surface area contributed by atoms with Crippen molar-refractivity contribution >= 4 is 23.4 Å². The minimum absolute atomic E-state index is 0.0358. The first-order valence-electron chi connectivity index (χ1n) is 10.5. The molecule has 1 N–H and O–H groups in total. The van der Waals surface area contributed by atoms with Crippen LogP contribution in [0.15, 0.2) is 35.9 Å². The maximum absolute atomic E-state index is 12.8. The van der Waals surface area contributed by atoms with E-state index in [1.165, 1.54) is 5.56 Å². The third kappa shape index (κ3) is 4.44. The lowest BCUT2D eigenvalue weighted by Gasteiger charge is -2.45. The first-order valence-corrected chi connectivity index (χ1v) is 10.5. The number of carbonyl (C=O) groups excluding carboxylic acids is 1. The van der Waals surface area contributed by atoms with Crippen LogP contribution in [0, 0.1) is 25.2 Å². The number of hydrogen-bond acceptors (Lipinski definition) is 4. The summed E-state index contributed by atoms with van der Waals surface area (Å²) in [5.74, 6) is 0.563. The first kappa shape index (κ1) is 22.4. The highest BCUT2D eigenvalue weighted by atomic mass is 16.5. The number of hydrogen-bond donors (Lipinski definition) is 1. The van der Waals surface area contributed by atoms with Crippen LogP contribution in [0.4, 0.5) is 11.4 Å². The standard InChI is InChI=1S/C26H31N3O2/c1-16-8-9-21(10-17(16)2)28-25(30)20(15-27)11-19-12-22-18(3)14-26(4,5)29(6)23(22)13-24(19)31-7/h8-13,18H,14H2,1-7H3,(H,28,30)/b20-11+. The Kier molecular flexibility index (Phi) is 6.13. The summed E-state index contributed by atoms with van der Waals surface area (Å²) < 4.78 is 5.62. The van der Waals surface area contributed by atoms with E-state index < -0.39 is 5.91 Å². The van der Waals surface area contributed by atoms with E-state index in [4.69, 9.17) is 4.74 Å². The van der Waals surface area contributed by atoms with E-state index in [0.29, 0.717) is 17.4 Å². The summed E-state index contributed by atoms with van der Waals surface area (Å²) in [6.45, 7) is 10.7. The van der Waals surface area contributed by atoms with Gasteiger partial charge in [0.1, 0.15) is 17.4 Å². The van der Waals surface area contributed by atoms with Crippen LogP contribution in [0.2, 0.25) is 0 Å². The number of fused-ring (bicyclic) bond motifs is 1. The molecule has 0 saturated heterocycles. The molecule has 0 spiro atoms. The van der Waals surface area contributed by atoms with Gasteiger partial charge in [-0.3, -0.25) is 4.79 Å². The topological polar surface area (TPSA) is 65.4 Å². The maximum Gasteiger partial charge on any atom is 0.266 e. The summed E-state index contributed by atoms with van der Waals surface area (Å²) in [6.07, 6.45) is 2.63. The highest BCUT2D eigenvalue weighted by Gasteiger charge is 2.34. The quantitative estimate of drug-likeness (QED) is 0.521. The lowest BCUT2D eigenvalue weighted by Crippen LogP contribution is -2.45. The van der Waals surface area contributed by atoms with Gasteiger partial charge in [-0.1, -0.05) is 13.0 Å². The number of nitrogens with one attached hydrogen (secondary N) is 1. The molecule has 5 heteroatoms. The average Bonchev–Trinajstić information content (AvgIpc) is 2.72. The predicted octanol–water partition coefficient (Wildman–Crippen LogP) is 5.58. The maximum atomic E-state index is 12.8. The molecule has 1 aliphatic rings. The Balaban J connectivity index is 1.98. The zero-order chi connectivity index (χ0) is 22.9. The van der Waals surface area contributed by atoms with Gasteiger partial charge in [0.25, 0.3) is 5.91 Å². The van der Waals surface area contributed by atoms with E-state index in [1.54, 1.807) is 13.2 Å². The van der Waals surface area contributed by atoms with Gasteiger partial charge in [0, 0.05) is 35.6 Å². The Morgan fingerprint density at radius 1 is 1.26 bits per heavy atom. The van der Waals surface area contributed by atoms with Gasteiger partial charge in [0.2, 0.25) is 0 Å². The summed E-state index contributed by atoms with van der Waals surface area (Å²) in [4.78, 5) is 15.1. The molecule has 3 rings (SSSR count). The average molecular weight is 418 g/mol. The Morgan fingerprint density at radius 2 is 1.97 bits per heavy atom. The summed E-state index contributed by atoms with van der Waals surface area (Å²) in [5.41, 5.74) is 6.02. The number of nitrogens with zero attached hydrogens (tertiary/aromatic N) is 2. The highest BCUT2D eigenvalue weighted by molar-refractivity contribution is 6.10. The highest BCUT2D eigenvalue weighted by Crippen LogP contribution is 2.45. The second kappa shape index (κ2) is 8.47. The van der Waals surface area contributed by atoms with Crippen LogP contribution in [0.5, 0.6) is 5.75 Å². The number of nitriles is 1. The fourth-order valence-electron chi connectivity index (χ4n) is 4.22. The molecule has 1 atom stereocenters. The molecule has 0 bridgehead atoms. The normalized spacial score (nSPS) is 17.5. The van der Waals surface area contributed by atoms with Crippen molar-refractivity contribution in [2.75, 3.05) is 24.4 Å². The van der Waals surface area contributed by atoms with Crippen LogP contribution in [-0.4, -0.2) is 25.6 Å². The number of amides is 1. The molecular formula is C26H31N3O2. The number of ether oxygens (including phenoxy) is 1. The fraction of sp³-hybridized carbons (Fsp3) is 0.385. The Hall–Kier alpha value is -3.26. The molecule has 0 aliphatic carbocycles. The van der Waals surface area contributed by atoms with Gasteiger partial charge in [-0.2, -0.15) is 5.26 Å². The smallest absolute Gasteiger partial charge is 0.266 e. The molecule has 1 amide bonds. The van der Waals surface area contributed by atoms with E-state index >= 15 is 0 Å². The molecule has 0 aromatic heterocycles. The lowest BCUT2D eigenvalue weighted by molar-refractivity contribution is -0.112. The van der Waals surface area contributed by atoms with E-state index in [-0.39, 0.29) is 11.1 Å². The summed E-state index contributed by atoms with van der Waals surface area (Å²) in [7, 11) is 3.70. The molecule has 0 radical (unpaired) electrons. The van der Waals surface area contributed by atoms with Crippen LogP contribution < -0.4 is 15.0 Å². The molecule has 1 heterocycles. The number of aryl methyl sites for hydroxylation is 2. The van der Waals surface area contributed by atoms with Crippen molar-refractivity contribution in [2.45, 2.75) is 52.5 Å². The third-order valence-electron chi connectivity index (χ3n) is 6.41. The van der Waals surface area contributed by atoms with Gasteiger partial charge >= 0.3 is 0 Å². The molecule has 0 saturated carbocycles. The predicted molar refractivity (Wildman–Crippen MR) is 127 cm³/mol. The van der Waals surface area contributed by atoms with Crippen molar-refractivity contribution in [3.63, 3.8) is 0 Å². The van der Waals surface area contributed by atoms with Crippen LogP contribution in [0.3, 0.4) is 0 Å². The molecule has 5 nitrogen and oxygen atoms in total. The zero-order valence-corrected chi connectivity index (χ0v) is 19.5. The van der Waals surface area contributed by atoms with Gasteiger partial charge in [-0.05, 0) is 81.0 Å². The molecule has 0 fully saturated rings. The number of methoxy groups -OCH3 is 1. The van der Waals surface area contributed by atoms with E-state index in [9.17, 15) is 10.1 Å². The van der Waals surface area contributed by atoms with E-state index in [0.717, 1.165) is 28.8 Å². The van der Waals surface area contributed by atoms with Gasteiger partial charge < -0.3 is 15.0 Å². The Bertz CT molecular complexity index is 1090. The third-order valence-corrected chi connectivity index (χ3v) is 6.41. The number of anilines is 2. The number of benzene rings is 2. The largest absolute Gasteiger partial charge is 0.496 e. The molecule has 2 aromatic carbocycles. The minimum Gasteiger partial charge on any atom is -0.496 e. The first-order chi connectivity index (χ1) is 14.6. The van der Waals surface area contributed by atoms with Crippen LogP contribution >= 0.6 is 0 Å². The zero-order valence-electron chi connectivity index (χ0n) is 19.5. The molecule has 31 heavy (non-hydrogen) atoms. The second-order valence-corrected chi connectivity index (χ2v) is 9.05. The second-order valence-electron chi connectivity index (χ2n) is 9.05. The van der Waals surface area contributed by atoms with Gasteiger partial charge in [-0.15, -0.1) is 0 Å². The Labute approximate surface area is 185 Å². The molecule has 1 unspecified atom stereocenters. The van der Waals surface area contributed by atoms with Crippen LogP contribution in [0.1, 0.15) is 55.4 Å². The molecule has 1 aliphatic heterocycles. The van der Waals surface area contributed by atoms with Crippen molar-refractivity contribution in [1.82, 2.24) is 0 Å². The molecule has 2 aromatic rings. The van der Waals surface area contributed by atoms with Crippen molar-refractivity contribution in [3.05, 3.63) is 58.2 Å². The summed E-state index contributed by atoms with van der Waals surface area (Å²) in [6, 6.07) is 11.8. The lowest BCUT2D eigenvalue weighted by atomic mass is 9.80. The van der Waals surface area contributed by atoms with Crippen LogP contribution in [0.25, 0.3) is 6.08 Å². The molecular weight excluding hydrogens is 386 g/mol. The molecule has 162 valence electrons. The van der Waals surface area contributed by atoms with Crippen molar-refractivity contribution in [2.24, 2.45) is 0 Å². The summed E-state index contributed by atoms with van der Waals surface area (Å²) >= 11 is 0. The SMILES string of the molecule is COc1cc2c(cc1/C=C(\C#N)C(=O)Nc1ccc(C)c(C)c1)C(C)CC(C)(C)N2C. The van der Waals surface area contributed by atoms with Crippen molar-refractivity contribution in [1.29, 1.82) is 5.26 Å².